The first-order chi connectivity index (χ1) is 10.8. The largest absolute Gasteiger partial charge is 0.464 e. The second kappa shape index (κ2) is 8.03. The number of ether oxygens (including phenoxy) is 1. The summed E-state index contributed by atoms with van der Waals surface area (Å²) in [6, 6.07) is 5.73. The fraction of sp³-hybridized carbons (Fsp3) is 0.444. The van der Waals surface area contributed by atoms with Crippen molar-refractivity contribution in [3.63, 3.8) is 0 Å². The minimum absolute atomic E-state index is 0.245. The first-order valence-electron chi connectivity index (χ1n) is 7.52. The van der Waals surface area contributed by atoms with Gasteiger partial charge < -0.3 is 9.64 Å². The Morgan fingerprint density at radius 1 is 1.30 bits per heavy atom. The summed E-state index contributed by atoms with van der Waals surface area (Å²) in [4.78, 5) is 26.6. The highest BCUT2D eigenvalue weighted by molar-refractivity contribution is 6.30. The number of rotatable bonds is 6. The standard InChI is InChI=1S/C18H22ClNO3/c1-6-15(17(22)23-8-3)20(18(4,5)7-2)16(21)13-9-11-14(19)12-10-13/h2,9-12,15H,6,8H2,1,3-5H3. The van der Waals surface area contributed by atoms with Crippen LogP contribution in [0.2, 0.25) is 5.02 Å². The molecule has 0 aliphatic heterocycles. The third-order valence-corrected chi connectivity index (χ3v) is 3.77. The van der Waals surface area contributed by atoms with Gasteiger partial charge in [0.05, 0.1) is 12.1 Å². The molecule has 1 rings (SSSR count). The van der Waals surface area contributed by atoms with Crippen molar-refractivity contribution in [3.05, 3.63) is 34.9 Å². The molecular formula is C18H22ClNO3. The number of hydrogen-bond donors (Lipinski definition) is 0. The summed E-state index contributed by atoms with van der Waals surface area (Å²) in [5.74, 6) is 1.80. The number of esters is 1. The summed E-state index contributed by atoms with van der Waals surface area (Å²) in [5, 5.41) is 0.529. The van der Waals surface area contributed by atoms with Crippen molar-refractivity contribution in [1.82, 2.24) is 4.90 Å². The molecule has 0 fully saturated rings. The Balaban J connectivity index is 3.30. The molecule has 4 nitrogen and oxygen atoms in total. The number of benzene rings is 1. The number of nitrogens with zero attached hydrogens (tertiary/aromatic N) is 1. The molecule has 23 heavy (non-hydrogen) atoms. The Kier molecular flexibility index (Phi) is 6.65. The summed E-state index contributed by atoms with van der Waals surface area (Å²) in [5.41, 5.74) is -0.523. The quantitative estimate of drug-likeness (QED) is 0.590. The van der Waals surface area contributed by atoms with Gasteiger partial charge in [0.15, 0.2) is 0 Å². The Bertz CT molecular complexity index is 602. The molecule has 1 atom stereocenters. The predicted octanol–water partition coefficient (Wildman–Crippen LogP) is 3.54. The van der Waals surface area contributed by atoms with Crippen LogP contribution in [0.5, 0.6) is 0 Å². The van der Waals surface area contributed by atoms with Crippen LogP contribution in [0.3, 0.4) is 0 Å². The van der Waals surface area contributed by atoms with E-state index in [4.69, 9.17) is 22.8 Å². The van der Waals surface area contributed by atoms with Crippen molar-refractivity contribution in [1.29, 1.82) is 0 Å². The van der Waals surface area contributed by atoms with Gasteiger partial charge in [-0.2, -0.15) is 0 Å². The molecule has 0 bridgehead atoms. The SMILES string of the molecule is C#CC(C)(C)N(C(=O)c1ccc(Cl)cc1)C(CC)C(=O)OCC. The van der Waals surface area contributed by atoms with E-state index >= 15 is 0 Å². The third-order valence-electron chi connectivity index (χ3n) is 3.52. The molecule has 0 radical (unpaired) electrons. The van der Waals surface area contributed by atoms with Gasteiger partial charge in [0.25, 0.3) is 5.91 Å². The number of carbonyl (C=O) groups excluding carboxylic acids is 2. The van der Waals surface area contributed by atoms with Crippen LogP contribution < -0.4 is 0 Å². The summed E-state index contributed by atoms with van der Waals surface area (Å²) in [7, 11) is 0. The van der Waals surface area contributed by atoms with Crippen molar-refractivity contribution < 1.29 is 14.3 Å². The minimum atomic E-state index is -0.940. The van der Waals surface area contributed by atoms with Gasteiger partial charge in [-0.1, -0.05) is 24.4 Å². The van der Waals surface area contributed by atoms with E-state index in [2.05, 4.69) is 5.92 Å². The number of halogens is 1. The fourth-order valence-electron chi connectivity index (χ4n) is 2.28. The van der Waals surface area contributed by atoms with Gasteiger partial charge in [0.1, 0.15) is 6.04 Å². The Hall–Kier alpha value is -1.99. The molecule has 0 aromatic heterocycles. The molecule has 0 heterocycles. The van der Waals surface area contributed by atoms with Crippen LogP contribution >= 0.6 is 11.6 Å². The Morgan fingerprint density at radius 2 is 1.87 bits per heavy atom. The maximum absolute atomic E-state index is 13.0. The summed E-state index contributed by atoms with van der Waals surface area (Å²) in [6.45, 7) is 7.23. The second-order valence-corrected chi connectivity index (χ2v) is 6.00. The number of carbonyl (C=O) groups is 2. The lowest BCUT2D eigenvalue weighted by atomic mass is 9.98. The number of terminal acetylenes is 1. The molecule has 0 saturated carbocycles. The zero-order valence-electron chi connectivity index (χ0n) is 13.9. The van der Waals surface area contributed by atoms with E-state index in [1.807, 2.05) is 6.92 Å². The molecule has 1 aromatic rings. The number of hydrogen-bond acceptors (Lipinski definition) is 3. The minimum Gasteiger partial charge on any atom is -0.464 e. The topological polar surface area (TPSA) is 46.6 Å². The van der Waals surface area contributed by atoms with Crippen molar-refractivity contribution in [2.75, 3.05) is 6.61 Å². The van der Waals surface area contributed by atoms with Crippen molar-refractivity contribution >= 4 is 23.5 Å². The van der Waals surface area contributed by atoms with E-state index in [-0.39, 0.29) is 12.5 Å². The maximum atomic E-state index is 13.0. The second-order valence-electron chi connectivity index (χ2n) is 5.56. The van der Waals surface area contributed by atoms with Crippen molar-refractivity contribution in [3.8, 4) is 12.3 Å². The van der Waals surface area contributed by atoms with Crippen LogP contribution in [0.4, 0.5) is 0 Å². The molecule has 0 aliphatic carbocycles. The first-order valence-corrected chi connectivity index (χ1v) is 7.89. The van der Waals surface area contributed by atoms with Crippen LogP contribution in [0.1, 0.15) is 44.5 Å². The van der Waals surface area contributed by atoms with E-state index < -0.39 is 17.6 Å². The molecule has 1 aromatic carbocycles. The zero-order chi connectivity index (χ0) is 17.6. The lowest BCUT2D eigenvalue weighted by Gasteiger charge is -2.39. The van der Waals surface area contributed by atoms with E-state index in [9.17, 15) is 9.59 Å². The van der Waals surface area contributed by atoms with Gasteiger partial charge in [-0.15, -0.1) is 6.42 Å². The van der Waals surface area contributed by atoms with E-state index in [0.717, 1.165) is 0 Å². The van der Waals surface area contributed by atoms with Gasteiger partial charge in [-0.05, 0) is 51.5 Å². The van der Waals surface area contributed by atoms with Crippen LogP contribution in [0, 0.1) is 12.3 Å². The van der Waals surface area contributed by atoms with Gasteiger partial charge in [-0.3, -0.25) is 4.79 Å². The molecule has 1 amide bonds. The van der Waals surface area contributed by atoms with E-state index in [1.165, 1.54) is 4.90 Å². The summed E-state index contributed by atoms with van der Waals surface area (Å²) >= 11 is 5.86. The lowest BCUT2D eigenvalue weighted by molar-refractivity contribution is -0.150. The average Bonchev–Trinajstić information content (AvgIpc) is 2.52. The average molecular weight is 336 g/mol. The monoisotopic (exact) mass is 335 g/mol. The van der Waals surface area contributed by atoms with Crippen LogP contribution in [0.15, 0.2) is 24.3 Å². The highest BCUT2D eigenvalue weighted by Gasteiger charge is 2.39. The first kappa shape index (κ1) is 19.1. The van der Waals surface area contributed by atoms with Crippen LogP contribution in [-0.4, -0.2) is 35.0 Å². The third kappa shape index (κ3) is 4.49. The Morgan fingerprint density at radius 3 is 2.30 bits per heavy atom. The molecule has 1 unspecified atom stereocenters. The zero-order valence-corrected chi connectivity index (χ0v) is 14.7. The van der Waals surface area contributed by atoms with Gasteiger partial charge in [-0.25, -0.2) is 4.79 Å². The maximum Gasteiger partial charge on any atom is 0.328 e. The summed E-state index contributed by atoms with van der Waals surface area (Å²) < 4.78 is 5.10. The smallest absolute Gasteiger partial charge is 0.328 e. The van der Waals surface area contributed by atoms with Crippen molar-refractivity contribution in [2.24, 2.45) is 0 Å². The molecular weight excluding hydrogens is 314 g/mol. The van der Waals surface area contributed by atoms with Crippen molar-refractivity contribution in [2.45, 2.75) is 45.7 Å². The van der Waals surface area contributed by atoms with Crippen LogP contribution in [0.25, 0.3) is 0 Å². The molecule has 124 valence electrons. The van der Waals surface area contributed by atoms with Gasteiger partial charge in [0.2, 0.25) is 0 Å². The molecule has 0 aliphatic rings. The van der Waals surface area contributed by atoms with Crippen LogP contribution in [-0.2, 0) is 9.53 Å². The van der Waals surface area contributed by atoms with Gasteiger partial charge >= 0.3 is 5.97 Å². The number of amides is 1. The molecule has 5 heteroatoms. The summed E-state index contributed by atoms with van der Waals surface area (Å²) in [6.07, 6.45) is 6.00. The van der Waals surface area contributed by atoms with E-state index in [1.54, 1.807) is 45.0 Å². The highest BCUT2D eigenvalue weighted by atomic mass is 35.5. The molecule has 0 N–H and O–H groups in total. The predicted molar refractivity (Wildman–Crippen MR) is 91.2 cm³/mol. The fourth-order valence-corrected chi connectivity index (χ4v) is 2.41. The molecule has 0 spiro atoms. The normalized spacial score (nSPS) is 12.2. The molecule has 0 saturated heterocycles. The lowest BCUT2D eigenvalue weighted by Crippen LogP contribution is -2.55. The highest BCUT2D eigenvalue weighted by Crippen LogP contribution is 2.24. The van der Waals surface area contributed by atoms with E-state index in [0.29, 0.717) is 17.0 Å². The van der Waals surface area contributed by atoms with Gasteiger partial charge in [0, 0.05) is 10.6 Å². The Labute approximate surface area is 142 Å².